The van der Waals surface area contributed by atoms with Crippen molar-refractivity contribution in [2.45, 2.75) is 44.9 Å². The van der Waals surface area contributed by atoms with Crippen molar-refractivity contribution in [2.24, 2.45) is 0 Å². The van der Waals surface area contributed by atoms with Gasteiger partial charge in [0.1, 0.15) is 0 Å². The number of amides is 1. The monoisotopic (exact) mass is 288 g/mol. The fourth-order valence-electron chi connectivity index (χ4n) is 3.36. The summed E-state index contributed by atoms with van der Waals surface area (Å²) in [5, 5.41) is 3.39. The zero-order chi connectivity index (χ0) is 14.7. The number of nitrogens with one attached hydrogen (secondary N) is 1. The maximum atomic E-state index is 12.7. The second-order valence-corrected chi connectivity index (χ2v) is 5.91. The van der Waals surface area contributed by atoms with Crippen molar-refractivity contribution >= 4 is 5.91 Å². The highest BCUT2D eigenvalue weighted by molar-refractivity contribution is 5.82. The van der Waals surface area contributed by atoms with Crippen LogP contribution in [0.4, 0.5) is 0 Å². The number of hydrogen-bond donors (Lipinski definition) is 1. The van der Waals surface area contributed by atoms with Gasteiger partial charge in [0.15, 0.2) is 0 Å². The van der Waals surface area contributed by atoms with Crippen LogP contribution in [-0.4, -0.2) is 42.6 Å². The van der Waals surface area contributed by atoms with Crippen molar-refractivity contribution < 1.29 is 9.53 Å². The molecule has 0 radical (unpaired) electrons. The maximum Gasteiger partial charge on any atom is 0.240 e. The predicted molar refractivity (Wildman–Crippen MR) is 82.0 cm³/mol. The lowest BCUT2D eigenvalue weighted by Crippen LogP contribution is -2.53. The van der Waals surface area contributed by atoms with E-state index in [1.165, 1.54) is 11.1 Å². The first kappa shape index (κ1) is 14.5. The van der Waals surface area contributed by atoms with E-state index in [1.54, 1.807) is 0 Å². The molecule has 0 spiro atoms. The number of benzene rings is 1. The molecule has 1 aromatic rings. The van der Waals surface area contributed by atoms with Crippen LogP contribution in [0.2, 0.25) is 0 Å². The number of carbonyl (C=O) groups excluding carboxylic acids is 1. The summed E-state index contributed by atoms with van der Waals surface area (Å²) in [6, 6.07) is 8.29. The third-order valence-corrected chi connectivity index (χ3v) is 4.47. The van der Waals surface area contributed by atoms with E-state index >= 15 is 0 Å². The summed E-state index contributed by atoms with van der Waals surface area (Å²) in [4.78, 5) is 14.7. The standard InChI is InChI=1S/C17H24N2O2/c1-2-21-15-8-5-9-19(12-15)17(20)16-10-13-6-3-4-7-14(13)11-18-16/h3-4,6-7,15-16,18H,2,5,8-12H2,1H3/t15-,16+/m1/s1. The van der Waals surface area contributed by atoms with E-state index in [9.17, 15) is 4.79 Å². The fraction of sp³-hybridized carbons (Fsp3) is 0.588. The number of likely N-dealkylation sites (tertiary alicyclic amines) is 1. The maximum absolute atomic E-state index is 12.7. The number of carbonyl (C=O) groups is 1. The van der Waals surface area contributed by atoms with Crippen LogP contribution >= 0.6 is 0 Å². The Bertz CT molecular complexity index is 501. The molecule has 1 aromatic carbocycles. The molecule has 4 nitrogen and oxygen atoms in total. The highest BCUT2D eigenvalue weighted by Gasteiger charge is 2.31. The van der Waals surface area contributed by atoms with E-state index in [1.807, 2.05) is 11.8 Å². The quantitative estimate of drug-likeness (QED) is 0.921. The van der Waals surface area contributed by atoms with E-state index in [4.69, 9.17) is 4.74 Å². The van der Waals surface area contributed by atoms with Gasteiger partial charge in [0.05, 0.1) is 12.1 Å². The first-order valence-corrected chi connectivity index (χ1v) is 7.98. The van der Waals surface area contributed by atoms with Gasteiger partial charge in [0, 0.05) is 26.2 Å². The Hall–Kier alpha value is -1.39. The van der Waals surface area contributed by atoms with Crippen LogP contribution in [0.25, 0.3) is 0 Å². The highest BCUT2D eigenvalue weighted by atomic mass is 16.5. The topological polar surface area (TPSA) is 41.6 Å². The van der Waals surface area contributed by atoms with Gasteiger partial charge >= 0.3 is 0 Å². The average Bonchev–Trinajstić information content (AvgIpc) is 2.54. The third kappa shape index (κ3) is 3.27. The molecule has 4 heteroatoms. The van der Waals surface area contributed by atoms with Crippen molar-refractivity contribution in [1.29, 1.82) is 0 Å². The molecule has 3 rings (SSSR count). The van der Waals surface area contributed by atoms with Crippen molar-refractivity contribution in [3.8, 4) is 0 Å². The summed E-state index contributed by atoms with van der Waals surface area (Å²) in [6.07, 6.45) is 3.12. The molecule has 114 valence electrons. The third-order valence-electron chi connectivity index (χ3n) is 4.47. The molecule has 1 amide bonds. The van der Waals surface area contributed by atoms with Gasteiger partial charge in [-0.05, 0) is 37.3 Å². The largest absolute Gasteiger partial charge is 0.377 e. The van der Waals surface area contributed by atoms with E-state index in [2.05, 4.69) is 29.6 Å². The van der Waals surface area contributed by atoms with E-state index in [0.29, 0.717) is 0 Å². The Labute approximate surface area is 126 Å². The van der Waals surface area contributed by atoms with Gasteiger partial charge < -0.3 is 15.0 Å². The molecule has 21 heavy (non-hydrogen) atoms. The summed E-state index contributed by atoms with van der Waals surface area (Å²) < 4.78 is 5.69. The van der Waals surface area contributed by atoms with Gasteiger partial charge in [-0.25, -0.2) is 0 Å². The van der Waals surface area contributed by atoms with Gasteiger partial charge in [-0.3, -0.25) is 4.79 Å². The Balaban J connectivity index is 1.63. The van der Waals surface area contributed by atoms with Crippen molar-refractivity contribution in [1.82, 2.24) is 10.2 Å². The highest BCUT2D eigenvalue weighted by Crippen LogP contribution is 2.20. The van der Waals surface area contributed by atoms with Gasteiger partial charge in [-0.1, -0.05) is 24.3 Å². The normalized spacial score (nSPS) is 25.5. The fourth-order valence-corrected chi connectivity index (χ4v) is 3.36. The molecule has 2 atom stereocenters. The lowest BCUT2D eigenvalue weighted by atomic mass is 9.94. The lowest BCUT2D eigenvalue weighted by molar-refractivity contribution is -0.137. The molecule has 1 N–H and O–H groups in total. The second-order valence-electron chi connectivity index (χ2n) is 5.91. The molecule has 0 aromatic heterocycles. The number of fused-ring (bicyclic) bond motifs is 1. The molecule has 0 unspecified atom stereocenters. The minimum absolute atomic E-state index is 0.0831. The summed E-state index contributed by atoms with van der Waals surface area (Å²) in [6.45, 7) is 5.13. The number of ether oxygens (including phenoxy) is 1. The van der Waals surface area contributed by atoms with Crippen LogP contribution in [0, 0.1) is 0 Å². The summed E-state index contributed by atoms with van der Waals surface area (Å²) in [7, 11) is 0. The molecule has 2 aliphatic rings. The van der Waals surface area contributed by atoms with Crippen molar-refractivity contribution in [3.05, 3.63) is 35.4 Å². The van der Waals surface area contributed by atoms with Crippen LogP contribution in [-0.2, 0) is 22.5 Å². The number of rotatable bonds is 3. The Morgan fingerprint density at radius 3 is 3.00 bits per heavy atom. The van der Waals surface area contributed by atoms with E-state index in [-0.39, 0.29) is 18.1 Å². The number of hydrogen-bond acceptors (Lipinski definition) is 3. The van der Waals surface area contributed by atoms with Gasteiger partial charge in [0.25, 0.3) is 0 Å². The molecule has 2 heterocycles. The van der Waals surface area contributed by atoms with Crippen LogP contribution in [0.5, 0.6) is 0 Å². The first-order valence-electron chi connectivity index (χ1n) is 7.98. The molecule has 1 fully saturated rings. The van der Waals surface area contributed by atoms with Gasteiger partial charge in [0.2, 0.25) is 5.91 Å². The molecule has 2 aliphatic heterocycles. The number of piperidine rings is 1. The minimum atomic E-state index is -0.0831. The van der Waals surface area contributed by atoms with Crippen LogP contribution in [0.1, 0.15) is 30.9 Å². The Kier molecular flexibility index (Phi) is 4.56. The predicted octanol–water partition coefficient (Wildman–Crippen LogP) is 1.73. The van der Waals surface area contributed by atoms with Crippen molar-refractivity contribution in [2.75, 3.05) is 19.7 Å². The minimum Gasteiger partial charge on any atom is -0.377 e. The zero-order valence-electron chi connectivity index (χ0n) is 12.7. The van der Waals surface area contributed by atoms with Gasteiger partial charge in [-0.15, -0.1) is 0 Å². The van der Waals surface area contributed by atoms with E-state index < -0.39 is 0 Å². The van der Waals surface area contributed by atoms with Crippen LogP contribution in [0.15, 0.2) is 24.3 Å². The SMILES string of the molecule is CCO[C@@H]1CCCN(C(=O)[C@@H]2Cc3ccccc3CN2)C1. The average molecular weight is 288 g/mol. The zero-order valence-corrected chi connectivity index (χ0v) is 12.7. The van der Waals surface area contributed by atoms with Crippen LogP contribution in [0.3, 0.4) is 0 Å². The summed E-state index contributed by atoms with van der Waals surface area (Å²) in [5.74, 6) is 0.230. The molecule has 0 bridgehead atoms. The molecular formula is C17H24N2O2. The van der Waals surface area contributed by atoms with Gasteiger partial charge in [-0.2, -0.15) is 0 Å². The molecular weight excluding hydrogens is 264 g/mol. The van der Waals surface area contributed by atoms with E-state index in [0.717, 1.165) is 45.5 Å². The summed E-state index contributed by atoms with van der Waals surface area (Å²) in [5.41, 5.74) is 2.61. The Morgan fingerprint density at radius 2 is 2.19 bits per heavy atom. The lowest BCUT2D eigenvalue weighted by Gasteiger charge is -2.36. The summed E-state index contributed by atoms with van der Waals surface area (Å²) >= 11 is 0. The van der Waals surface area contributed by atoms with Crippen LogP contribution < -0.4 is 5.32 Å². The molecule has 0 aliphatic carbocycles. The molecule has 1 saturated heterocycles. The second kappa shape index (κ2) is 6.58. The molecule has 0 saturated carbocycles. The smallest absolute Gasteiger partial charge is 0.240 e. The Morgan fingerprint density at radius 1 is 1.38 bits per heavy atom. The number of nitrogens with zero attached hydrogens (tertiary/aromatic N) is 1. The van der Waals surface area contributed by atoms with Crippen molar-refractivity contribution in [3.63, 3.8) is 0 Å². The first-order chi connectivity index (χ1) is 10.3.